The highest BCUT2D eigenvalue weighted by atomic mass is 29.6. The second-order valence-electron chi connectivity index (χ2n) is 7.58. The van der Waals surface area contributed by atoms with E-state index in [-0.39, 0.29) is 11.3 Å². The van der Waals surface area contributed by atoms with Gasteiger partial charge in [0.1, 0.15) is 0 Å². The van der Waals surface area contributed by atoms with Crippen LogP contribution in [0, 0.1) is 0 Å². The van der Waals surface area contributed by atoms with Gasteiger partial charge in [0.2, 0.25) is 7.83 Å². The van der Waals surface area contributed by atoms with Crippen molar-refractivity contribution in [2.24, 2.45) is 0 Å². The van der Waals surface area contributed by atoms with Crippen LogP contribution in [0.2, 0.25) is 38.8 Å². The van der Waals surface area contributed by atoms with Crippen molar-refractivity contribution >= 4 is 22.5 Å². The summed E-state index contributed by atoms with van der Waals surface area (Å²) < 4.78 is 6.55. The van der Waals surface area contributed by atoms with Crippen LogP contribution < -0.4 is 0 Å². The van der Waals surface area contributed by atoms with Crippen molar-refractivity contribution in [3.05, 3.63) is 0 Å². The number of hydrogen-bond donors (Lipinski definition) is 1. The minimum atomic E-state index is -1.98. The molecule has 2 atom stereocenters. The fraction of sp³-hybridized carbons (Fsp3) is 1.00. The van der Waals surface area contributed by atoms with Gasteiger partial charge in [0.05, 0.1) is 12.8 Å². The highest BCUT2D eigenvalue weighted by molar-refractivity contribution is 7.68. The van der Waals surface area contributed by atoms with E-state index in [1.54, 1.807) is 0 Å². The third-order valence-corrected chi connectivity index (χ3v) is 45.6. The van der Waals surface area contributed by atoms with Gasteiger partial charge in [-0.2, -0.15) is 0 Å². The largest absolute Gasteiger partial charge is 0.413 e. The summed E-state index contributed by atoms with van der Waals surface area (Å²) in [5.74, 6) is 0. The molecule has 1 aliphatic heterocycles. The Morgan fingerprint density at radius 2 is 1.65 bits per heavy atom. The van der Waals surface area contributed by atoms with Gasteiger partial charge in [-0.25, -0.2) is 0 Å². The summed E-state index contributed by atoms with van der Waals surface area (Å²) >= 11 is 0. The van der Waals surface area contributed by atoms with Crippen LogP contribution in [0.25, 0.3) is 0 Å². The van der Waals surface area contributed by atoms with E-state index in [1.807, 2.05) is 0 Å². The lowest BCUT2D eigenvalue weighted by Crippen LogP contribution is -2.82. The highest BCUT2D eigenvalue weighted by Gasteiger charge is 2.64. The molecule has 0 amide bonds. The highest BCUT2D eigenvalue weighted by Crippen LogP contribution is 2.45. The van der Waals surface area contributed by atoms with Crippen molar-refractivity contribution in [3.63, 3.8) is 0 Å². The zero-order valence-corrected chi connectivity index (χ0v) is 15.8. The third kappa shape index (κ3) is 2.36. The monoisotopic (exact) mass is 290 g/mol. The molecule has 1 N–H and O–H groups in total. The molecule has 0 aromatic rings. The topological polar surface area (TPSA) is 29.5 Å². The van der Waals surface area contributed by atoms with Crippen LogP contribution >= 0.6 is 0 Å². The smallest absolute Gasteiger partial charge is 0.202 e. The number of rotatable bonds is 2. The Labute approximate surface area is 109 Å². The van der Waals surface area contributed by atoms with E-state index in [4.69, 9.17) is 4.43 Å². The predicted octanol–water partition coefficient (Wildman–Crippen LogP) is 3.25. The summed E-state index contributed by atoms with van der Waals surface area (Å²) in [4.78, 5) is 0. The minimum Gasteiger partial charge on any atom is -0.413 e. The molecular weight excluding hydrogens is 260 g/mol. The summed E-state index contributed by atoms with van der Waals surface area (Å²) in [6.07, 6.45) is 0.847. The van der Waals surface area contributed by atoms with E-state index in [0.29, 0.717) is 0 Å². The molecule has 0 spiro atoms. The first-order chi connectivity index (χ1) is 7.40. The van der Waals surface area contributed by atoms with Gasteiger partial charge in [-0.1, -0.05) is 33.1 Å². The van der Waals surface area contributed by atoms with Gasteiger partial charge in [-0.05, 0) is 32.9 Å². The third-order valence-electron chi connectivity index (χ3n) is 5.31. The lowest BCUT2D eigenvalue weighted by molar-refractivity contribution is 0.0937. The standard InChI is InChI=1S/C12H30O2Si3/c1-9-11(13)17(8)14-12(2,3)10-15(4,5)16(17,6)7/h11,13H,9-10H2,1-8H3. The maximum absolute atomic E-state index is 10.5. The van der Waals surface area contributed by atoms with E-state index in [1.165, 1.54) is 6.04 Å². The molecule has 102 valence electrons. The molecule has 2 unspecified atom stereocenters. The van der Waals surface area contributed by atoms with Gasteiger partial charge in [0, 0.05) is 13.2 Å². The minimum absolute atomic E-state index is 0.0185. The summed E-state index contributed by atoms with van der Waals surface area (Å²) in [7, 11) is -4.67. The van der Waals surface area contributed by atoms with E-state index < -0.39 is 22.5 Å². The average molecular weight is 291 g/mol. The van der Waals surface area contributed by atoms with Crippen LogP contribution in [0.1, 0.15) is 27.2 Å². The van der Waals surface area contributed by atoms with E-state index in [0.717, 1.165) is 6.42 Å². The quantitative estimate of drug-likeness (QED) is 0.791. The van der Waals surface area contributed by atoms with E-state index >= 15 is 0 Å². The summed E-state index contributed by atoms with van der Waals surface area (Å²) in [6.45, 7) is 18.9. The molecule has 17 heavy (non-hydrogen) atoms. The fourth-order valence-corrected chi connectivity index (χ4v) is 37.1. The van der Waals surface area contributed by atoms with Crippen LogP contribution in [-0.2, 0) is 4.43 Å². The zero-order valence-electron chi connectivity index (χ0n) is 12.8. The summed E-state index contributed by atoms with van der Waals surface area (Å²) in [5, 5.41) is 10.5. The molecule has 0 saturated carbocycles. The van der Waals surface area contributed by atoms with Crippen molar-refractivity contribution in [1.29, 1.82) is 0 Å². The van der Waals surface area contributed by atoms with Crippen LogP contribution in [-0.4, -0.2) is 39.0 Å². The second kappa shape index (κ2) is 4.30. The van der Waals surface area contributed by atoms with Gasteiger partial charge in [0.25, 0.3) is 0 Å². The number of aliphatic hydroxyl groups is 1. The molecule has 1 heterocycles. The molecule has 1 saturated heterocycles. The Morgan fingerprint density at radius 1 is 1.18 bits per heavy atom. The average Bonchev–Trinajstić information content (AvgIpc) is 2.11. The van der Waals surface area contributed by atoms with Crippen molar-refractivity contribution in [3.8, 4) is 0 Å². The lowest BCUT2D eigenvalue weighted by atomic mass is 10.2. The fourth-order valence-electron chi connectivity index (χ4n) is 3.57. The van der Waals surface area contributed by atoms with Crippen molar-refractivity contribution in [1.82, 2.24) is 0 Å². The Kier molecular flexibility index (Phi) is 3.95. The summed E-state index contributed by atoms with van der Waals surface area (Å²) in [5.41, 5.74) is -0.203. The van der Waals surface area contributed by atoms with Crippen molar-refractivity contribution in [2.75, 3.05) is 0 Å². The predicted molar refractivity (Wildman–Crippen MR) is 82.9 cm³/mol. The molecule has 2 nitrogen and oxygen atoms in total. The van der Waals surface area contributed by atoms with Gasteiger partial charge in [-0.3, -0.25) is 0 Å². The Bertz CT molecular complexity index is 302. The second-order valence-corrected chi connectivity index (χ2v) is 34.1. The number of aliphatic hydroxyl groups excluding tert-OH is 1. The molecule has 0 radical (unpaired) electrons. The Morgan fingerprint density at radius 3 is 2.06 bits per heavy atom. The number of hydrogen-bond acceptors (Lipinski definition) is 2. The van der Waals surface area contributed by atoms with Gasteiger partial charge in [-0.15, -0.1) is 0 Å². The molecule has 0 aliphatic carbocycles. The maximum atomic E-state index is 10.5. The molecule has 0 aromatic carbocycles. The molecule has 5 heteroatoms. The van der Waals surface area contributed by atoms with Crippen LogP contribution in [0.15, 0.2) is 0 Å². The SMILES string of the molecule is CCC(O)[Si]1(C)OC(C)(C)C[Si](C)(C)[Si]1(C)C. The molecule has 1 aliphatic rings. The van der Waals surface area contributed by atoms with Gasteiger partial charge >= 0.3 is 0 Å². The molecule has 1 rings (SSSR count). The summed E-state index contributed by atoms with van der Waals surface area (Å²) in [6, 6.07) is 1.25. The van der Waals surface area contributed by atoms with Crippen LogP contribution in [0.4, 0.5) is 0 Å². The molecule has 0 aromatic heterocycles. The first-order valence-electron chi connectivity index (χ1n) is 6.78. The molecule has 1 fully saturated rings. The Hall–Kier alpha value is 0.571. The molecular formula is C12H30O2Si3. The van der Waals surface area contributed by atoms with E-state index in [2.05, 4.69) is 53.5 Å². The van der Waals surface area contributed by atoms with Gasteiger partial charge in [0.15, 0.2) is 0 Å². The first-order valence-corrected chi connectivity index (χ1v) is 17.5. The Balaban J connectivity index is 3.26. The normalized spacial score (nSPS) is 36.5. The van der Waals surface area contributed by atoms with Crippen LogP contribution in [0.3, 0.4) is 0 Å². The zero-order chi connectivity index (χ0) is 13.7. The van der Waals surface area contributed by atoms with Gasteiger partial charge < -0.3 is 9.53 Å². The first kappa shape index (κ1) is 15.6. The van der Waals surface area contributed by atoms with Crippen LogP contribution in [0.5, 0.6) is 0 Å². The van der Waals surface area contributed by atoms with E-state index in [9.17, 15) is 5.11 Å². The van der Waals surface area contributed by atoms with Crippen molar-refractivity contribution < 1.29 is 9.53 Å². The maximum Gasteiger partial charge on any atom is 0.202 e. The molecule has 0 bridgehead atoms. The lowest BCUT2D eigenvalue weighted by Gasteiger charge is -2.60. The van der Waals surface area contributed by atoms with Crippen molar-refractivity contribution in [2.45, 2.75) is 77.3 Å².